The minimum Gasteiger partial charge on any atom is -0.385 e. The molecule has 1 aromatic carbocycles. The normalized spacial score (nSPS) is 15.0. The lowest BCUT2D eigenvalue weighted by Gasteiger charge is -2.34. The first-order valence-electron chi connectivity index (χ1n) is 10.4. The third-order valence-corrected chi connectivity index (χ3v) is 5.47. The number of rotatable bonds is 8. The Bertz CT molecular complexity index is 957. The largest absolute Gasteiger partial charge is 0.434 e. The van der Waals surface area contributed by atoms with Gasteiger partial charge in [-0.2, -0.15) is 18.3 Å². The third kappa shape index (κ3) is 6.46. The predicted octanol–water partition coefficient (Wildman–Crippen LogP) is 2.46. The number of carbonyl (C=O) groups excluding carboxylic acids is 2. The highest BCUT2D eigenvalue weighted by Gasteiger charge is 2.41. The summed E-state index contributed by atoms with van der Waals surface area (Å²) in [5.41, 5.74) is -1.50. The molecule has 180 valence electrons. The molecule has 1 saturated heterocycles. The number of piperazine rings is 1. The Morgan fingerprint density at radius 3 is 2.42 bits per heavy atom. The fourth-order valence-electron chi connectivity index (χ4n) is 3.54. The maximum Gasteiger partial charge on any atom is 0.434 e. The predicted molar refractivity (Wildman–Crippen MR) is 115 cm³/mol. The van der Waals surface area contributed by atoms with Gasteiger partial charge in [0.2, 0.25) is 5.91 Å². The van der Waals surface area contributed by atoms with E-state index in [0.29, 0.717) is 42.4 Å². The van der Waals surface area contributed by atoms with E-state index in [1.54, 1.807) is 7.11 Å². The van der Waals surface area contributed by atoms with Crippen LogP contribution in [-0.4, -0.2) is 84.4 Å². The highest BCUT2D eigenvalue weighted by molar-refractivity contribution is 6.30. The van der Waals surface area contributed by atoms with Crippen molar-refractivity contribution in [3.63, 3.8) is 0 Å². The van der Waals surface area contributed by atoms with Crippen molar-refractivity contribution in [1.29, 1.82) is 0 Å². The van der Waals surface area contributed by atoms with E-state index >= 15 is 0 Å². The molecule has 2 heterocycles. The monoisotopic (exact) mass is 487 g/mol. The summed E-state index contributed by atoms with van der Waals surface area (Å²) in [5, 5.41) is 6.99. The number of hydrogen-bond acceptors (Lipinski definition) is 5. The molecule has 0 radical (unpaired) electrons. The first kappa shape index (κ1) is 25.0. The Morgan fingerprint density at radius 2 is 1.82 bits per heavy atom. The topological polar surface area (TPSA) is 79.7 Å². The van der Waals surface area contributed by atoms with E-state index in [1.807, 2.05) is 4.90 Å². The Hall–Kier alpha value is -2.63. The van der Waals surface area contributed by atoms with Crippen LogP contribution >= 0.6 is 11.6 Å². The Labute approximate surface area is 194 Å². The number of alkyl halides is 3. The van der Waals surface area contributed by atoms with E-state index in [9.17, 15) is 22.8 Å². The molecule has 3 rings (SSSR count). The average molecular weight is 488 g/mol. The second-order valence-electron chi connectivity index (χ2n) is 7.56. The quantitative estimate of drug-likeness (QED) is 0.579. The molecule has 1 fully saturated rings. The van der Waals surface area contributed by atoms with Gasteiger partial charge in [-0.3, -0.25) is 14.5 Å². The van der Waals surface area contributed by atoms with E-state index < -0.39 is 23.3 Å². The standard InChI is InChI=1S/C21H25ClF3N5O3/c1-33-12-2-7-26-18(31)14-28-8-10-29(11-9-28)20(32)17-13-27-30(19(17)21(23,24)25)16-5-3-15(22)4-6-16/h3-6,13H,2,7-12,14H2,1H3,(H,26,31). The summed E-state index contributed by atoms with van der Waals surface area (Å²) in [5.74, 6) is -0.888. The SMILES string of the molecule is COCCCNC(=O)CN1CCN(C(=O)c2cnn(-c3ccc(Cl)cc3)c2C(F)(F)F)CC1. The summed E-state index contributed by atoms with van der Waals surface area (Å²) in [6, 6.07) is 5.70. The maximum atomic E-state index is 13.9. The van der Waals surface area contributed by atoms with Crippen LogP contribution in [0.4, 0.5) is 13.2 Å². The summed E-state index contributed by atoms with van der Waals surface area (Å²) in [4.78, 5) is 28.2. The molecule has 0 atom stereocenters. The van der Waals surface area contributed by atoms with E-state index in [1.165, 1.54) is 29.2 Å². The third-order valence-electron chi connectivity index (χ3n) is 5.21. The number of nitrogens with one attached hydrogen (secondary N) is 1. The number of benzene rings is 1. The van der Waals surface area contributed by atoms with Crippen LogP contribution in [0, 0.1) is 0 Å². The van der Waals surface area contributed by atoms with Crippen LogP contribution in [0.2, 0.25) is 5.02 Å². The Morgan fingerprint density at radius 1 is 1.15 bits per heavy atom. The highest BCUT2D eigenvalue weighted by atomic mass is 35.5. The molecular weight excluding hydrogens is 463 g/mol. The van der Waals surface area contributed by atoms with Crippen LogP contribution in [-0.2, 0) is 15.7 Å². The molecule has 12 heteroatoms. The van der Waals surface area contributed by atoms with Gasteiger partial charge in [0.15, 0.2) is 5.69 Å². The molecule has 0 spiro atoms. The Balaban J connectivity index is 1.65. The molecule has 1 aliphatic rings. The lowest BCUT2D eigenvalue weighted by atomic mass is 10.1. The van der Waals surface area contributed by atoms with Crippen molar-refractivity contribution in [1.82, 2.24) is 24.9 Å². The zero-order chi connectivity index (χ0) is 24.0. The summed E-state index contributed by atoms with van der Waals surface area (Å²) in [6.07, 6.45) is -3.14. The number of ether oxygens (including phenoxy) is 1. The van der Waals surface area contributed by atoms with Crippen LogP contribution in [0.3, 0.4) is 0 Å². The van der Waals surface area contributed by atoms with Gasteiger partial charge in [-0.1, -0.05) is 11.6 Å². The second kappa shape index (κ2) is 11.0. The van der Waals surface area contributed by atoms with Gasteiger partial charge in [-0.25, -0.2) is 4.68 Å². The van der Waals surface area contributed by atoms with Gasteiger partial charge < -0.3 is 15.0 Å². The summed E-state index contributed by atoms with van der Waals surface area (Å²) < 4.78 is 47.2. The highest BCUT2D eigenvalue weighted by Crippen LogP contribution is 2.34. The fraction of sp³-hybridized carbons (Fsp3) is 0.476. The molecule has 1 aliphatic heterocycles. The van der Waals surface area contributed by atoms with Gasteiger partial charge in [0.05, 0.1) is 24.0 Å². The van der Waals surface area contributed by atoms with Gasteiger partial charge in [0.1, 0.15) is 0 Å². The number of carbonyl (C=O) groups is 2. The van der Waals surface area contributed by atoms with Crippen LogP contribution in [0.1, 0.15) is 22.5 Å². The number of amides is 2. The first-order chi connectivity index (χ1) is 15.7. The van der Waals surface area contributed by atoms with Crippen molar-refractivity contribution in [3.05, 3.63) is 46.7 Å². The molecule has 1 N–H and O–H groups in total. The maximum absolute atomic E-state index is 13.9. The zero-order valence-corrected chi connectivity index (χ0v) is 18.8. The summed E-state index contributed by atoms with van der Waals surface area (Å²) >= 11 is 5.82. The number of nitrogens with zero attached hydrogens (tertiary/aromatic N) is 4. The lowest BCUT2D eigenvalue weighted by molar-refractivity contribution is -0.143. The van der Waals surface area contributed by atoms with E-state index in [-0.39, 0.29) is 31.2 Å². The molecule has 8 nitrogen and oxygen atoms in total. The van der Waals surface area contributed by atoms with Gasteiger partial charge in [0, 0.05) is 51.5 Å². The van der Waals surface area contributed by atoms with Crippen LogP contribution in [0.5, 0.6) is 0 Å². The van der Waals surface area contributed by atoms with E-state index in [2.05, 4.69) is 10.4 Å². The van der Waals surface area contributed by atoms with Crippen molar-refractivity contribution in [2.24, 2.45) is 0 Å². The Kier molecular flexibility index (Phi) is 8.33. The van der Waals surface area contributed by atoms with Crippen molar-refractivity contribution < 1.29 is 27.5 Å². The molecule has 33 heavy (non-hydrogen) atoms. The number of aromatic nitrogens is 2. The average Bonchev–Trinajstić information content (AvgIpc) is 3.23. The number of hydrogen-bond donors (Lipinski definition) is 1. The van der Waals surface area contributed by atoms with Gasteiger partial charge >= 0.3 is 6.18 Å². The van der Waals surface area contributed by atoms with Gasteiger partial charge in [0.25, 0.3) is 5.91 Å². The molecule has 0 unspecified atom stereocenters. The molecule has 0 saturated carbocycles. The second-order valence-corrected chi connectivity index (χ2v) is 7.99. The van der Waals surface area contributed by atoms with Crippen LogP contribution in [0.25, 0.3) is 5.69 Å². The zero-order valence-electron chi connectivity index (χ0n) is 18.1. The van der Waals surface area contributed by atoms with Gasteiger partial charge in [-0.15, -0.1) is 0 Å². The lowest BCUT2D eigenvalue weighted by Crippen LogP contribution is -2.51. The molecule has 2 aromatic rings. The van der Waals surface area contributed by atoms with E-state index in [0.717, 1.165) is 6.20 Å². The van der Waals surface area contributed by atoms with Crippen molar-refractivity contribution >= 4 is 23.4 Å². The number of methoxy groups -OCH3 is 1. The molecule has 0 bridgehead atoms. The smallest absolute Gasteiger partial charge is 0.385 e. The van der Waals surface area contributed by atoms with Crippen LogP contribution < -0.4 is 5.32 Å². The van der Waals surface area contributed by atoms with Gasteiger partial charge in [-0.05, 0) is 30.7 Å². The molecular formula is C21H25ClF3N5O3. The number of halogens is 4. The molecule has 0 aliphatic carbocycles. The van der Waals surface area contributed by atoms with Crippen molar-refractivity contribution in [3.8, 4) is 5.69 Å². The van der Waals surface area contributed by atoms with Crippen molar-refractivity contribution in [2.45, 2.75) is 12.6 Å². The fourth-order valence-corrected chi connectivity index (χ4v) is 3.66. The van der Waals surface area contributed by atoms with Crippen LogP contribution in [0.15, 0.2) is 30.5 Å². The minimum atomic E-state index is -4.79. The minimum absolute atomic E-state index is 0.144. The first-order valence-corrected chi connectivity index (χ1v) is 10.8. The summed E-state index contributed by atoms with van der Waals surface area (Å²) in [7, 11) is 1.59. The van der Waals surface area contributed by atoms with E-state index in [4.69, 9.17) is 16.3 Å². The summed E-state index contributed by atoms with van der Waals surface area (Å²) in [6.45, 7) is 2.39. The van der Waals surface area contributed by atoms with Crippen molar-refractivity contribution in [2.75, 3.05) is 53.0 Å². The molecule has 1 aromatic heterocycles. The molecule has 2 amide bonds.